The number of anilines is 1. The van der Waals surface area contributed by atoms with Gasteiger partial charge in [-0.05, 0) is 28.1 Å². The zero-order valence-electron chi connectivity index (χ0n) is 9.98. The second-order valence-electron chi connectivity index (χ2n) is 4.09. The quantitative estimate of drug-likeness (QED) is 0.590. The molecule has 6 nitrogen and oxygen atoms in total. The normalized spacial score (nSPS) is 14.8. The molecule has 20 heavy (non-hydrogen) atoms. The average Bonchev–Trinajstić information content (AvgIpc) is 2.36. The van der Waals surface area contributed by atoms with Gasteiger partial charge in [0, 0.05) is 10.0 Å². The van der Waals surface area contributed by atoms with Crippen LogP contribution in [0.25, 0.3) is 0 Å². The molecule has 1 amide bonds. The summed E-state index contributed by atoms with van der Waals surface area (Å²) in [6.07, 6.45) is -0.319. The maximum absolute atomic E-state index is 12.2. The molecule has 1 heterocycles. The molecule has 0 saturated carbocycles. The number of benzene rings is 1. The Kier molecular flexibility index (Phi) is 4.44. The molecule has 1 unspecified atom stereocenters. The summed E-state index contributed by atoms with van der Waals surface area (Å²) in [4.78, 5) is 33.2. The van der Waals surface area contributed by atoms with Crippen LogP contribution in [0.4, 0.5) is 5.69 Å². The van der Waals surface area contributed by atoms with Crippen molar-refractivity contribution in [2.24, 2.45) is 0 Å². The summed E-state index contributed by atoms with van der Waals surface area (Å²) in [5.74, 6) is -1.33. The highest BCUT2D eigenvalue weighted by molar-refractivity contribution is 9.10. The summed E-state index contributed by atoms with van der Waals surface area (Å²) in [6, 6.07) is 3.04. The van der Waals surface area contributed by atoms with Crippen molar-refractivity contribution in [2.45, 2.75) is 11.2 Å². The maximum Gasteiger partial charge on any atom is 0.304 e. The number of halogens is 2. The molecule has 1 aromatic rings. The minimum Gasteiger partial charge on any atom is -0.482 e. The van der Waals surface area contributed by atoms with E-state index in [1.807, 2.05) is 0 Å². The first-order valence-electron chi connectivity index (χ1n) is 5.54. The summed E-state index contributed by atoms with van der Waals surface area (Å²) < 4.78 is 5.69. The van der Waals surface area contributed by atoms with Gasteiger partial charge in [0.05, 0.1) is 16.9 Å². The zero-order valence-corrected chi connectivity index (χ0v) is 13.2. The number of carbonyl (C=O) groups excluding carboxylic acids is 2. The highest BCUT2D eigenvalue weighted by Gasteiger charge is 2.25. The lowest BCUT2D eigenvalue weighted by Gasteiger charge is -2.19. The fraction of sp³-hybridized carbons (Fsp3) is 0.250. The average molecular weight is 407 g/mol. The van der Waals surface area contributed by atoms with Crippen molar-refractivity contribution in [3.05, 3.63) is 22.2 Å². The lowest BCUT2D eigenvalue weighted by Crippen LogP contribution is -2.26. The number of carboxylic acid groups (broad SMARTS) is 1. The van der Waals surface area contributed by atoms with E-state index in [0.717, 1.165) is 0 Å². The standard InChI is InChI=1S/C12H9Br2NO5/c13-6-2-8-9(20-4-10(16)15-8)1-5(6)12(19)7(14)3-11(17)18/h1-2,7H,3-4H2,(H,15,16)(H,17,18). The van der Waals surface area contributed by atoms with Crippen LogP contribution in [-0.4, -0.2) is 34.2 Å². The molecule has 8 heteroatoms. The molecule has 1 aromatic carbocycles. The number of ketones is 1. The first-order chi connectivity index (χ1) is 9.38. The maximum atomic E-state index is 12.2. The van der Waals surface area contributed by atoms with Crippen molar-refractivity contribution in [3.8, 4) is 5.75 Å². The highest BCUT2D eigenvalue weighted by Crippen LogP contribution is 2.34. The molecule has 0 aromatic heterocycles. The Hall–Kier alpha value is -1.41. The molecule has 0 saturated heterocycles. The summed E-state index contributed by atoms with van der Waals surface area (Å²) in [6.45, 7) is -0.116. The number of amides is 1. The van der Waals surface area contributed by atoms with Crippen LogP contribution in [0, 0.1) is 0 Å². The molecule has 0 fully saturated rings. The van der Waals surface area contributed by atoms with Gasteiger partial charge in [-0.15, -0.1) is 0 Å². The Morgan fingerprint density at radius 3 is 2.80 bits per heavy atom. The van der Waals surface area contributed by atoms with Crippen LogP contribution < -0.4 is 10.1 Å². The number of rotatable bonds is 4. The van der Waals surface area contributed by atoms with E-state index in [9.17, 15) is 14.4 Å². The van der Waals surface area contributed by atoms with Crippen LogP contribution >= 0.6 is 31.9 Å². The molecule has 0 bridgehead atoms. The third-order valence-corrected chi connectivity index (χ3v) is 4.00. The van der Waals surface area contributed by atoms with Crippen molar-refractivity contribution in [1.82, 2.24) is 0 Å². The number of ether oxygens (including phenoxy) is 1. The molecular weight excluding hydrogens is 398 g/mol. The van der Waals surface area contributed by atoms with E-state index in [1.54, 1.807) is 6.07 Å². The Bertz CT molecular complexity index is 602. The number of aliphatic carboxylic acids is 1. The van der Waals surface area contributed by atoms with Gasteiger partial charge in [-0.25, -0.2) is 0 Å². The monoisotopic (exact) mass is 405 g/mol. The molecule has 1 aliphatic rings. The van der Waals surface area contributed by atoms with Crippen molar-refractivity contribution in [3.63, 3.8) is 0 Å². The van der Waals surface area contributed by atoms with Gasteiger partial charge < -0.3 is 15.2 Å². The highest BCUT2D eigenvalue weighted by atomic mass is 79.9. The third kappa shape index (κ3) is 3.18. The van der Waals surface area contributed by atoms with Crippen molar-refractivity contribution < 1.29 is 24.2 Å². The Morgan fingerprint density at radius 2 is 2.15 bits per heavy atom. The number of carbonyl (C=O) groups is 3. The number of carboxylic acids is 1. The summed E-state index contributed by atoms with van der Waals surface area (Å²) in [5.41, 5.74) is 0.761. The summed E-state index contributed by atoms with van der Waals surface area (Å²) >= 11 is 6.29. The van der Waals surface area contributed by atoms with Crippen molar-refractivity contribution >= 4 is 55.2 Å². The first kappa shape index (κ1) is 15.0. The van der Waals surface area contributed by atoms with Gasteiger partial charge in [0.25, 0.3) is 5.91 Å². The van der Waals surface area contributed by atoms with E-state index in [2.05, 4.69) is 37.2 Å². The molecule has 1 atom stereocenters. The minimum absolute atomic E-state index is 0.116. The van der Waals surface area contributed by atoms with Crippen LogP contribution in [0.5, 0.6) is 5.75 Å². The predicted octanol–water partition coefficient (Wildman–Crippen LogP) is 2.20. The number of alkyl halides is 1. The SMILES string of the molecule is O=C(O)CC(Br)C(=O)c1cc2c(cc1Br)NC(=O)CO2. The van der Waals surface area contributed by atoms with Crippen LogP contribution in [-0.2, 0) is 9.59 Å². The van der Waals surface area contributed by atoms with E-state index in [4.69, 9.17) is 9.84 Å². The molecule has 0 radical (unpaired) electrons. The predicted molar refractivity (Wildman–Crippen MR) is 77.6 cm³/mol. The van der Waals surface area contributed by atoms with E-state index in [0.29, 0.717) is 21.5 Å². The van der Waals surface area contributed by atoms with E-state index < -0.39 is 10.8 Å². The molecule has 0 aliphatic carbocycles. The van der Waals surface area contributed by atoms with Crippen LogP contribution in [0.2, 0.25) is 0 Å². The van der Waals surface area contributed by atoms with Gasteiger partial charge in [0.15, 0.2) is 12.4 Å². The van der Waals surface area contributed by atoms with Crippen LogP contribution in [0.1, 0.15) is 16.8 Å². The summed E-state index contributed by atoms with van der Waals surface area (Å²) in [5, 5.41) is 11.3. The second-order valence-corrected chi connectivity index (χ2v) is 6.05. The van der Waals surface area contributed by atoms with Gasteiger partial charge in [-0.3, -0.25) is 14.4 Å². The molecule has 2 rings (SSSR count). The molecule has 1 aliphatic heterocycles. The number of hydrogen-bond donors (Lipinski definition) is 2. The number of fused-ring (bicyclic) bond motifs is 1. The van der Waals surface area contributed by atoms with Gasteiger partial charge in [0.2, 0.25) is 0 Å². The minimum atomic E-state index is -1.07. The largest absolute Gasteiger partial charge is 0.482 e. The van der Waals surface area contributed by atoms with Crippen molar-refractivity contribution in [2.75, 3.05) is 11.9 Å². The molecule has 2 N–H and O–H groups in total. The lowest BCUT2D eigenvalue weighted by atomic mass is 10.0. The Balaban J connectivity index is 2.31. The van der Waals surface area contributed by atoms with Gasteiger partial charge >= 0.3 is 5.97 Å². The molecule has 0 spiro atoms. The molecule has 106 valence electrons. The number of nitrogens with one attached hydrogen (secondary N) is 1. The Labute approximate surface area is 130 Å². The van der Waals surface area contributed by atoms with Gasteiger partial charge in [-0.2, -0.15) is 0 Å². The van der Waals surface area contributed by atoms with E-state index >= 15 is 0 Å². The Morgan fingerprint density at radius 1 is 1.45 bits per heavy atom. The number of Topliss-reactive ketones (excluding diaryl/α,β-unsaturated/α-hetero) is 1. The van der Waals surface area contributed by atoms with E-state index in [1.165, 1.54) is 6.07 Å². The fourth-order valence-electron chi connectivity index (χ4n) is 1.70. The molecular formula is C12H9Br2NO5. The van der Waals surface area contributed by atoms with E-state index in [-0.39, 0.29) is 24.7 Å². The van der Waals surface area contributed by atoms with Crippen LogP contribution in [0.15, 0.2) is 16.6 Å². The van der Waals surface area contributed by atoms with Gasteiger partial charge in [0.1, 0.15) is 5.75 Å². The first-order valence-corrected chi connectivity index (χ1v) is 7.25. The summed E-state index contributed by atoms with van der Waals surface area (Å²) in [7, 11) is 0. The second kappa shape index (κ2) is 5.92. The number of hydrogen-bond acceptors (Lipinski definition) is 4. The van der Waals surface area contributed by atoms with Gasteiger partial charge in [-0.1, -0.05) is 15.9 Å². The van der Waals surface area contributed by atoms with Crippen molar-refractivity contribution in [1.29, 1.82) is 0 Å². The zero-order chi connectivity index (χ0) is 14.9. The van der Waals surface area contributed by atoms with Crippen LogP contribution in [0.3, 0.4) is 0 Å². The lowest BCUT2D eigenvalue weighted by molar-refractivity contribution is -0.136. The fourth-order valence-corrected chi connectivity index (χ4v) is 2.77. The topological polar surface area (TPSA) is 92.7 Å². The smallest absolute Gasteiger partial charge is 0.304 e. The third-order valence-electron chi connectivity index (χ3n) is 2.61.